The standard InChI is InChI=1S/C29H43FN4O6/c1-18(2)27-20(4)10-11-25(36)32-13-7-8-19(3)14-22(35)15-21(30)16-26-33-24(17-39-26)28(37)34-23(29(38)40-27)9-5-6-12-31/h7-8,10-11,14,17-18,20-23,27,35H,5-6,9,12-13,15-16,31H2,1-4H3,(H,32,36)(H,34,37)/b8-7?,11-10+,19-14?/t20-,21-,22-,23-,27-/m1/s1. The molecular formula is C29H43FN4O6. The van der Waals surface area contributed by atoms with Crippen molar-refractivity contribution in [3.05, 3.63) is 53.8 Å². The number of unbranched alkanes of at least 4 members (excludes halogenated alkanes) is 1. The third kappa shape index (κ3) is 11.4. The number of aliphatic hydroxyl groups is 1. The molecule has 10 nitrogen and oxygen atoms in total. The van der Waals surface area contributed by atoms with Crippen LogP contribution in [0.2, 0.25) is 0 Å². The number of carbonyl (C=O) groups is 3. The Morgan fingerprint density at radius 1 is 1.23 bits per heavy atom. The number of amides is 2. The molecule has 11 heteroatoms. The number of nitrogens with one attached hydrogen (secondary N) is 2. The SMILES string of the molecule is CC1=C[C@@H](O)C[C@@H](F)Cc2nc(co2)C(=O)N[C@H](CCCCN)C(=O)O[C@H](C(C)C)[C@H](C)/C=C/C(=O)NCC=C1. The van der Waals surface area contributed by atoms with Crippen molar-refractivity contribution >= 4 is 17.8 Å². The van der Waals surface area contributed by atoms with Gasteiger partial charge in [-0.05, 0) is 44.7 Å². The monoisotopic (exact) mass is 562 g/mol. The number of ether oxygens (including phenoxy) is 1. The van der Waals surface area contributed by atoms with E-state index in [0.717, 1.165) is 6.26 Å². The summed E-state index contributed by atoms with van der Waals surface area (Å²) in [5, 5.41) is 15.6. The Morgan fingerprint density at radius 3 is 2.67 bits per heavy atom. The van der Waals surface area contributed by atoms with Gasteiger partial charge in [-0.1, -0.05) is 50.6 Å². The van der Waals surface area contributed by atoms with Crippen LogP contribution in [0.3, 0.4) is 0 Å². The lowest BCUT2D eigenvalue weighted by Gasteiger charge is -2.28. The van der Waals surface area contributed by atoms with E-state index in [1.807, 2.05) is 20.8 Å². The maximum absolute atomic E-state index is 14.6. The lowest BCUT2D eigenvalue weighted by molar-refractivity contribution is -0.155. The van der Waals surface area contributed by atoms with Crippen LogP contribution in [0, 0.1) is 11.8 Å². The van der Waals surface area contributed by atoms with Crippen LogP contribution in [-0.4, -0.2) is 65.4 Å². The number of hydrogen-bond donors (Lipinski definition) is 4. The Kier molecular flexibility index (Phi) is 13.7. The first kappa shape index (κ1) is 32.9. The van der Waals surface area contributed by atoms with Crippen LogP contribution in [-0.2, 0) is 20.7 Å². The number of carbonyl (C=O) groups excluding carboxylic acids is 3. The van der Waals surface area contributed by atoms with E-state index in [0.29, 0.717) is 31.4 Å². The maximum Gasteiger partial charge on any atom is 0.328 e. The van der Waals surface area contributed by atoms with Gasteiger partial charge in [0.25, 0.3) is 5.91 Å². The van der Waals surface area contributed by atoms with Crippen molar-refractivity contribution in [3.63, 3.8) is 0 Å². The number of cyclic esters (lactones) is 1. The minimum atomic E-state index is -1.47. The van der Waals surface area contributed by atoms with Gasteiger partial charge >= 0.3 is 5.97 Å². The van der Waals surface area contributed by atoms with E-state index in [-0.39, 0.29) is 48.7 Å². The topological polar surface area (TPSA) is 157 Å². The van der Waals surface area contributed by atoms with Crippen LogP contribution in [0.4, 0.5) is 4.39 Å². The van der Waals surface area contributed by atoms with Gasteiger partial charge in [-0.25, -0.2) is 14.2 Å². The number of esters is 1. The van der Waals surface area contributed by atoms with Crippen LogP contribution in [0.1, 0.15) is 69.8 Å². The number of halogens is 1. The van der Waals surface area contributed by atoms with Crippen molar-refractivity contribution in [1.82, 2.24) is 15.6 Å². The summed E-state index contributed by atoms with van der Waals surface area (Å²) in [4.78, 5) is 42.5. The van der Waals surface area contributed by atoms with E-state index < -0.39 is 36.3 Å². The minimum absolute atomic E-state index is 0.00215. The molecule has 1 aromatic rings. The second kappa shape index (κ2) is 16.7. The highest BCUT2D eigenvalue weighted by atomic mass is 19.1. The van der Waals surface area contributed by atoms with Crippen molar-refractivity contribution in [2.45, 2.75) is 84.2 Å². The molecule has 0 aliphatic carbocycles. The Labute approximate surface area is 235 Å². The van der Waals surface area contributed by atoms with Gasteiger partial charge in [-0.2, -0.15) is 0 Å². The largest absolute Gasteiger partial charge is 0.460 e. The van der Waals surface area contributed by atoms with Gasteiger partial charge in [0.15, 0.2) is 11.6 Å². The summed E-state index contributed by atoms with van der Waals surface area (Å²) in [6.45, 7) is 8.11. The Bertz CT molecular complexity index is 1070. The fraction of sp³-hybridized carbons (Fsp3) is 0.586. The molecule has 0 saturated heterocycles. The third-order valence-corrected chi connectivity index (χ3v) is 6.42. The molecule has 1 aromatic heterocycles. The van der Waals surface area contributed by atoms with Crippen LogP contribution in [0.25, 0.3) is 0 Å². The Hall–Kier alpha value is -3.31. The highest BCUT2D eigenvalue weighted by Crippen LogP contribution is 2.20. The summed E-state index contributed by atoms with van der Waals surface area (Å²) in [5.74, 6) is -1.94. The van der Waals surface area contributed by atoms with Gasteiger partial charge in [-0.3, -0.25) is 9.59 Å². The van der Waals surface area contributed by atoms with Crippen LogP contribution >= 0.6 is 0 Å². The molecule has 2 rings (SSSR count). The molecule has 0 aromatic carbocycles. The molecule has 0 saturated carbocycles. The molecule has 2 bridgehead atoms. The average Bonchev–Trinajstić information content (AvgIpc) is 3.35. The summed E-state index contributed by atoms with van der Waals surface area (Å²) in [6, 6.07) is -0.965. The van der Waals surface area contributed by atoms with E-state index in [9.17, 15) is 23.9 Å². The molecule has 0 unspecified atom stereocenters. The molecule has 5 N–H and O–H groups in total. The number of fused-ring (bicyclic) bond motifs is 2. The first-order chi connectivity index (χ1) is 19.0. The second-order valence-electron chi connectivity index (χ2n) is 10.5. The molecule has 5 atom stereocenters. The zero-order chi connectivity index (χ0) is 29.7. The third-order valence-electron chi connectivity index (χ3n) is 6.42. The van der Waals surface area contributed by atoms with Crippen molar-refractivity contribution in [2.75, 3.05) is 13.1 Å². The van der Waals surface area contributed by atoms with Crippen molar-refractivity contribution in [1.29, 1.82) is 0 Å². The highest BCUT2D eigenvalue weighted by Gasteiger charge is 2.30. The number of aliphatic hydroxyl groups excluding tert-OH is 1. The zero-order valence-corrected chi connectivity index (χ0v) is 23.8. The number of allylic oxidation sites excluding steroid dienone is 2. The molecule has 40 heavy (non-hydrogen) atoms. The Morgan fingerprint density at radius 2 is 1.98 bits per heavy atom. The van der Waals surface area contributed by atoms with Gasteiger partial charge in [0.2, 0.25) is 5.91 Å². The molecule has 222 valence electrons. The highest BCUT2D eigenvalue weighted by molar-refractivity contribution is 5.95. The number of nitrogens with zero attached hydrogens (tertiary/aromatic N) is 1. The number of rotatable bonds is 5. The molecular weight excluding hydrogens is 519 g/mol. The fourth-order valence-electron chi connectivity index (χ4n) is 4.32. The van der Waals surface area contributed by atoms with Gasteiger partial charge in [0, 0.05) is 18.9 Å². The number of hydrogen-bond acceptors (Lipinski definition) is 8. The van der Waals surface area contributed by atoms with Crippen molar-refractivity contribution in [3.8, 4) is 0 Å². The zero-order valence-electron chi connectivity index (χ0n) is 23.8. The van der Waals surface area contributed by atoms with E-state index in [2.05, 4.69) is 15.6 Å². The summed E-state index contributed by atoms with van der Waals surface area (Å²) in [7, 11) is 0. The molecule has 1 aliphatic rings. The normalized spacial score (nSPS) is 26.9. The predicted molar refractivity (Wildman–Crippen MR) is 149 cm³/mol. The number of nitrogens with two attached hydrogens (primary N) is 1. The first-order valence-electron chi connectivity index (χ1n) is 13.8. The van der Waals surface area contributed by atoms with Crippen LogP contribution in [0.15, 0.2) is 46.6 Å². The van der Waals surface area contributed by atoms with E-state index in [4.69, 9.17) is 14.9 Å². The van der Waals surface area contributed by atoms with Crippen LogP contribution in [0.5, 0.6) is 0 Å². The van der Waals surface area contributed by atoms with Crippen LogP contribution < -0.4 is 16.4 Å². The molecule has 1 aliphatic heterocycles. The van der Waals surface area contributed by atoms with Gasteiger partial charge in [0.1, 0.15) is 24.6 Å². The predicted octanol–water partition coefficient (Wildman–Crippen LogP) is 2.93. The summed E-state index contributed by atoms with van der Waals surface area (Å²) < 4.78 is 25.7. The Balaban J connectivity index is 2.32. The fourth-order valence-corrected chi connectivity index (χ4v) is 4.32. The maximum atomic E-state index is 14.6. The van der Waals surface area contributed by atoms with E-state index in [1.54, 1.807) is 25.2 Å². The van der Waals surface area contributed by atoms with Gasteiger partial charge < -0.3 is 30.6 Å². The number of oxazole rings is 1. The quantitative estimate of drug-likeness (QED) is 0.315. The average molecular weight is 563 g/mol. The van der Waals surface area contributed by atoms with Crippen molar-refractivity contribution in [2.24, 2.45) is 17.6 Å². The second-order valence-corrected chi connectivity index (χ2v) is 10.5. The molecule has 2 amide bonds. The number of aromatic nitrogens is 1. The molecule has 2 heterocycles. The lowest BCUT2D eigenvalue weighted by atomic mass is 9.94. The molecule has 0 spiro atoms. The van der Waals surface area contributed by atoms with Gasteiger partial charge in [0.05, 0.1) is 12.5 Å². The van der Waals surface area contributed by atoms with Crippen molar-refractivity contribution < 1.29 is 33.0 Å². The number of alkyl halides is 1. The van der Waals surface area contributed by atoms with Gasteiger partial charge in [-0.15, -0.1) is 0 Å². The van der Waals surface area contributed by atoms with E-state index >= 15 is 0 Å². The van der Waals surface area contributed by atoms with E-state index in [1.165, 1.54) is 12.2 Å². The first-order valence-corrected chi connectivity index (χ1v) is 13.8. The molecule has 0 fully saturated rings. The molecule has 0 radical (unpaired) electrons. The summed E-state index contributed by atoms with van der Waals surface area (Å²) in [5.41, 5.74) is 6.21. The minimum Gasteiger partial charge on any atom is -0.460 e. The summed E-state index contributed by atoms with van der Waals surface area (Å²) >= 11 is 0. The lowest BCUT2D eigenvalue weighted by Crippen LogP contribution is -2.44. The smallest absolute Gasteiger partial charge is 0.328 e. The summed E-state index contributed by atoms with van der Waals surface area (Å²) in [6.07, 6.45) is 7.18.